The van der Waals surface area contributed by atoms with Gasteiger partial charge in [0.15, 0.2) is 0 Å². The number of rotatable bonds is 5. The Morgan fingerprint density at radius 1 is 0.718 bits per heavy atom. The zero-order valence-electron chi connectivity index (χ0n) is 22.5. The first-order chi connectivity index (χ1) is 18.2. The normalized spacial score (nSPS) is 9.31. The highest BCUT2D eigenvalue weighted by Gasteiger charge is 2.21. The van der Waals surface area contributed by atoms with Crippen LogP contribution in [-0.2, 0) is 0 Å². The van der Waals surface area contributed by atoms with E-state index in [0.717, 1.165) is 18.4 Å². The third-order valence-corrected chi connectivity index (χ3v) is 5.13. The summed E-state index contributed by atoms with van der Waals surface area (Å²) < 4.78 is 0. The van der Waals surface area contributed by atoms with Crippen molar-refractivity contribution in [1.29, 1.82) is 0 Å². The number of carboxylic acids is 3. The summed E-state index contributed by atoms with van der Waals surface area (Å²) >= 11 is 0. The second kappa shape index (κ2) is 16.0. The monoisotopic (exact) mass is 543 g/mol. The lowest BCUT2D eigenvalue weighted by Gasteiger charge is -2.16. The molecule has 0 amide bonds. The van der Waals surface area contributed by atoms with Gasteiger partial charge in [0.25, 0.3) is 5.69 Å². The van der Waals surface area contributed by atoms with E-state index in [2.05, 4.69) is 0 Å². The van der Waals surface area contributed by atoms with Crippen LogP contribution >= 0.6 is 0 Å². The number of nitro groups is 1. The van der Waals surface area contributed by atoms with Crippen LogP contribution in [0.4, 0.5) is 17.1 Å². The number of carboxylic acid groups (broad SMARTS) is 3. The van der Waals surface area contributed by atoms with E-state index >= 15 is 0 Å². The van der Waals surface area contributed by atoms with E-state index in [1.54, 1.807) is 49.1 Å². The van der Waals surface area contributed by atoms with Crippen LogP contribution in [0.1, 0.15) is 47.8 Å². The van der Waals surface area contributed by atoms with Crippen molar-refractivity contribution in [2.24, 2.45) is 0 Å². The Labute approximate surface area is 225 Å². The summed E-state index contributed by atoms with van der Waals surface area (Å²) in [6.45, 7) is 5.05. The molecule has 12 nitrogen and oxygen atoms in total. The molecular formula is C27H33N3O9. The average Bonchev–Trinajstić information content (AvgIpc) is 2.85. The lowest BCUT2D eigenvalue weighted by molar-refractivity contribution is -0.385. The van der Waals surface area contributed by atoms with Gasteiger partial charge in [0.05, 0.1) is 21.7 Å². The largest absolute Gasteiger partial charge is 0.478 e. The van der Waals surface area contributed by atoms with Gasteiger partial charge in [-0.3, -0.25) is 10.1 Å². The van der Waals surface area contributed by atoms with Gasteiger partial charge in [-0.25, -0.2) is 14.4 Å². The molecule has 0 aliphatic carbocycles. The molecule has 0 heterocycles. The zero-order valence-corrected chi connectivity index (χ0v) is 22.5. The maximum atomic E-state index is 10.9. The van der Waals surface area contributed by atoms with Gasteiger partial charge in [0, 0.05) is 33.0 Å². The lowest BCUT2D eigenvalue weighted by Crippen LogP contribution is -2.14. The van der Waals surface area contributed by atoms with Gasteiger partial charge >= 0.3 is 17.9 Å². The predicted molar refractivity (Wildman–Crippen MR) is 148 cm³/mol. The van der Waals surface area contributed by atoms with Gasteiger partial charge in [0.2, 0.25) is 0 Å². The number of benzene rings is 3. The Morgan fingerprint density at radius 2 is 1.10 bits per heavy atom. The Bertz CT molecular complexity index is 1300. The number of hydrogen-bond donors (Lipinski definition) is 5. The number of nitrogens with two attached hydrogens (primary N) is 1. The Kier molecular flexibility index (Phi) is 14.0. The number of anilines is 2. The molecule has 0 spiro atoms. The molecule has 6 N–H and O–H groups in total. The molecule has 12 heteroatoms. The number of hydrogen-bond acceptors (Lipinski definition) is 8. The molecule has 39 heavy (non-hydrogen) atoms. The first-order valence-electron chi connectivity index (χ1n) is 11.2. The Hall–Kier alpha value is -4.97. The number of nitrogens with zero attached hydrogens (tertiary/aromatic N) is 2. The molecular weight excluding hydrogens is 510 g/mol. The number of aromatic carboxylic acids is 3. The van der Waals surface area contributed by atoms with Gasteiger partial charge < -0.3 is 31.1 Å². The topological polar surface area (TPSA) is 205 Å². The number of carbonyl (C=O) groups is 3. The Morgan fingerprint density at radius 3 is 1.41 bits per heavy atom. The summed E-state index contributed by atoms with van der Waals surface area (Å²) in [6.07, 6.45) is 0. The molecule has 3 aromatic carbocycles. The fourth-order valence-corrected chi connectivity index (χ4v) is 3.37. The lowest BCUT2D eigenvalue weighted by atomic mass is 10.1. The molecule has 0 aliphatic heterocycles. The summed E-state index contributed by atoms with van der Waals surface area (Å²) in [6, 6.07) is 14.7. The summed E-state index contributed by atoms with van der Waals surface area (Å²) in [7, 11) is 4.67. The molecule has 0 fully saturated rings. The van der Waals surface area contributed by atoms with Crippen LogP contribution in [0.3, 0.4) is 0 Å². The molecule has 3 rings (SSSR count). The van der Waals surface area contributed by atoms with E-state index in [-0.39, 0.29) is 16.8 Å². The van der Waals surface area contributed by atoms with E-state index in [1.807, 2.05) is 20.2 Å². The Balaban J connectivity index is 0.000000540. The maximum absolute atomic E-state index is 10.9. The van der Waals surface area contributed by atoms with E-state index in [0.29, 0.717) is 22.4 Å². The number of aliphatic hydroxyl groups excluding tert-OH is 1. The van der Waals surface area contributed by atoms with Crippen molar-refractivity contribution in [3.8, 4) is 0 Å². The molecule has 210 valence electrons. The standard InChI is InChI=1S/C10H13NO2.C8H7NO4.C8H9NO2.CH4O/c1-7-5-4-6-8(11(2)3)9(7)10(12)13;1-5-3-2-4-6(9(12)13)7(5)8(10)11;1-5-3-2-4-6(9)7(5)8(10)11;1-2/h4-6H,1-3H3,(H,12,13);2-4H,1H3,(H,10,11);2-4H,9H2,1H3,(H,10,11);2H,1H3. The summed E-state index contributed by atoms with van der Waals surface area (Å²) in [5.74, 6) is -3.12. The highest BCUT2D eigenvalue weighted by Crippen LogP contribution is 2.22. The number of nitro benzene ring substituents is 1. The molecule has 0 aromatic heterocycles. The van der Waals surface area contributed by atoms with Gasteiger partial charge in [-0.1, -0.05) is 36.4 Å². The second-order valence-corrected chi connectivity index (χ2v) is 8.04. The van der Waals surface area contributed by atoms with Gasteiger partial charge in [0.1, 0.15) is 5.56 Å². The van der Waals surface area contributed by atoms with E-state index in [9.17, 15) is 24.5 Å². The molecule has 0 unspecified atom stereocenters. The predicted octanol–water partition coefficient (Wildman–Crippen LogP) is 4.24. The third-order valence-electron chi connectivity index (χ3n) is 5.13. The van der Waals surface area contributed by atoms with Gasteiger partial charge in [-0.2, -0.15) is 0 Å². The number of aliphatic hydroxyl groups is 1. The molecule has 0 atom stereocenters. The molecule has 0 aliphatic rings. The quantitative estimate of drug-likeness (QED) is 0.175. The van der Waals surface area contributed by atoms with Crippen LogP contribution in [0.15, 0.2) is 54.6 Å². The van der Waals surface area contributed by atoms with Crippen molar-refractivity contribution in [2.75, 3.05) is 31.8 Å². The number of aryl methyl sites for hydroxylation is 3. The van der Waals surface area contributed by atoms with Crippen molar-refractivity contribution in [3.63, 3.8) is 0 Å². The van der Waals surface area contributed by atoms with Gasteiger partial charge in [-0.05, 0) is 49.6 Å². The first-order valence-corrected chi connectivity index (χ1v) is 11.2. The SMILES string of the molecule is CO.Cc1cccc(N(C)C)c1C(=O)O.Cc1cccc(N)c1C(=O)O.Cc1cccc([N+](=O)[O-])c1C(=O)O. The van der Waals surface area contributed by atoms with Crippen molar-refractivity contribution in [3.05, 3.63) is 98.1 Å². The minimum atomic E-state index is -1.27. The van der Waals surface area contributed by atoms with Crippen LogP contribution in [-0.4, -0.2) is 64.5 Å². The molecule has 0 saturated heterocycles. The van der Waals surface area contributed by atoms with E-state index in [4.69, 9.17) is 26.2 Å². The first kappa shape index (κ1) is 34.0. The average molecular weight is 544 g/mol. The maximum Gasteiger partial charge on any atom is 0.343 e. The fourth-order valence-electron chi connectivity index (χ4n) is 3.37. The molecule has 0 saturated carbocycles. The summed E-state index contributed by atoms with van der Waals surface area (Å²) in [5, 5.41) is 43.7. The highest BCUT2D eigenvalue weighted by atomic mass is 16.6. The molecule has 0 bridgehead atoms. The highest BCUT2D eigenvalue weighted by molar-refractivity contribution is 5.96. The van der Waals surface area contributed by atoms with Crippen LogP contribution in [0.25, 0.3) is 0 Å². The van der Waals surface area contributed by atoms with Crippen LogP contribution < -0.4 is 10.6 Å². The minimum Gasteiger partial charge on any atom is -0.478 e. The van der Waals surface area contributed by atoms with Crippen molar-refractivity contribution in [2.45, 2.75) is 20.8 Å². The summed E-state index contributed by atoms with van der Waals surface area (Å²) in [5.41, 5.74) is 8.35. The second-order valence-electron chi connectivity index (χ2n) is 8.04. The number of nitrogen functional groups attached to an aromatic ring is 1. The van der Waals surface area contributed by atoms with Crippen LogP contribution in [0.5, 0.6) is 0 Å². The third kappa shape index (κ3) is 9.78. The zero-order chi connectivity index (χ0) is 30.4. The molecule has 3 aromatic rings. The van der Waals surface area contributed by atoms with Crippen LogP contribution in [0, 0.1) is 30.9 Å². The van der Waals surface area contributed by atoms with E-state index in [1.165, 1.54) is 25.1 Å². The smallest absolute Gasteiger partial charge is 0.343 e. The van der Waals surface area contributed by atoms with Crippen molar-refractivity contribution < 1.29 is 39.7 Å². The minimum absolute atomic E-state index is 0.201. The fraction of sp³-hybridized carbons (Fsp3) is 0.222. The van der Waals surface area contributed by atoms with Gasteiger partial charge in [-0.15, -0.1) is 0 Å². The van der Waals surface area contributed by atoms with Crippen molar-refractivity contribution >= 4 is 35.0 Å². The van der Waals surface area contributed by atoms with Crippen molar-refractivity contribution in [1.82, 2.24) is 0 Å². The van der Waals surface area contributed by atoms with E-state index < -0.39 is 22.8 Å². The van der Waals surface area contributed by atoms with Crippen LogP contribution in [0.2, 0.25) is 0 Å². The summed E-state index contributed by atoms with van der Waals surface area (Å²) in [4.78, 5) is 43.7. The molecule has 0 radical (unpaired) electrons.